The van der Waals surface area contributed by atoms with Gasteiger partial charge in [0.05, 0.1) is 13.2 Å². The average molecular weight is 608 g/mol. The number of phosphoric acid groups is 1. The lowest BCUT2D eigenvalue weighted by atomic mass is 10.0. The Bertz CT molecular complexity index is 631. The van der Waals surface area contributed by atoms with Crippen molar-refractivity contribution in [2.24, 2.45) is 0 Å². The molecule has 0 saturated carbocycles. The van der Waals surface area contributed by atoms with Crippen LogP contribution in [0.4, 0.5) is 0 Å². The van der Waals surface area contributed by atoms with E-state index in [1.54, 1.807) is 0 Å². The Hall–Kier alpha value is -0.990. The third kappa shape index (κ3) is 33.4. The van der Waals surface area contributed by atoms with E-state index in [0.717, 1.165) is 51.5 Å². The smallest absolute Gasteiger partial charge is 0.468 e. The summed E-state index contributed by atoms with van der Waals surface area (Å²) in [5.74, 6) is -0.338. The second-order valence-electron chi connectivity index (χ2n) is 11.2. The van der Waals surface area contributed by atoms with Crippen LogP contribution in [0.2, 0.25) is 0 Å². The minimum absolute atomic E-state index is 0.315. The van der Waals surface area contributed by atoms with Crippen molar-refractivity contribution in [2.75, 3.05) is 26.3 Å². The van der Waals surface area contributed by atoms with Crippen LogP contribution in [-0.2, 0) is 28.2 Å². The summed E-state index contributed by atoms with van der Waals surface area (Å²) in [5.41, 5.74) is 0. The Morgan fingerprint density at radius 2 is 1.20 bits per heavy atom. The fourth-order valence-corrected chi connectivity index (χ4v) is 5.19. The molecule has 0 rings (SSSR count). The van der Waals surface area contributed by atoms with Crippen molar-refractivity contribution in [3.8, 4) is 0 Å². The van der Waals surface area contributed by atoms with Gasteiger partial charge in [-0.1, -0.05) is 129 Å². The maximum Gasteiger partial charge on any atom is 0.469 e. The van der Waals surface area contributed by atoms with Gasteiger partial charge in [-0.25, -0.2) is 4.57 Å². The summed E-state index contributed by atoms with van der Waals surface area (Å²) >= 11 is 0. The second kappa shape index (κ2) is 30.5. The quantitative estimate of drug-likeness (QED) is 0.0296. The highest BCUT2D eigenvalue weighted by molar-refractivity contribution is 7.46. The minimum atomic E-state index is -4.62. The number of nitrogens with one attached hydrogen (secondary N) is 1. The van der Waals surface area contributed by atoms with Crippen LogP contribution in [0.5, 0.6) is 0 Å². The average Bonchev–Trinajstić information content (AvgIpc) is 2.93. The molecule has 0 unspecified atom stereocenters. The number of unbranched alkanes of at least 4 members (excludes halogenated alkanes) is 20. The summed E-state index contributed by atoms with van der Waals surface area (Å²) in [6.07, 6.45) is 25.7. The Kier molecular flexibility index (Phi) is 29.7. The van der Waals surface area contributed by atoms with Gasteiger partial charge in [0.1, 0.15) is 6.10 Å². The normalized spacial score (nSPS) is 12.4. The van der Waals surface area contributed by atoms with Gasteiger partial charge in [0.2, 0.25) is 0 Å². The third-order valence-corrected chi connectivity index (χ3v) is 7.75. The Labute approximate surface area is 250 Å². The van der Waals surface area contributed by atoms with Crippen LogP contribution in [0.15, 0.2) is 0 Å². The molecule has 0 aliphatic carbocycles. The number of rotatable bonds is 33. The van der Waals surface area contributed by atoms with Gasteiger partial charge in [-0.05, 0) is 25.8 Å². The zero-order valence-electron chi connectivity index (χ0n) is 26.0. The molecule has 0 bridgehead atoms. The molecule has 0 spiro atoms. The molecule has 0 radical (unpaired) electrons. The van der Waals surface area contributed by atoms with Gasteiger partial charge in [-0.3, -0.25) is 14.1 Å². The molecule has 10 heteroatoms. The molecular weight excluding hydrogens is 545 g/mol. The first kappa shape index (κ1) is 40.0. The monoisotopic (exact) mass is 607 g/mol. The highest BCUT2D eigenvalue weighted by Crippen LogP contribution is 2.35. The molecule has 9 nitrogen and oxygen atoms in total. The second-order valence-corrected chi connectivity index (χ2v) is 12.5. The van der Waals surface area contributed by atoms with E-state index in [0.29, 0.717) is 26.0 Å². The van der Waals surface area contributed by atoms with Gasteiger partial charge >= 0.3 is 13.8 Å². The molecule has 0 saturated heterocycles. The molecule has 0 aliphatic heterocycles. The number of carbonyl (C=O) groups excluding carboxylic acids is 2. The molecule has 0 aliphatic rings. The molecule has 41 heavy (non-hydrogen) atoms. The number of ether oxygens (including phenoxy) is 2. The van der Waals surface area contributed by atoms with Crippen molar-refractivity contribution in [1.82, 2.24) is 5.32 Å². The first-order valence-electron chi connectivity index (χ1n) is 16.5. The van der Waals surface area contributed by atoms with Crippen molar-refractivity contribution < 1.29 is 37.9 Å². The number of hydrogen-bond donors (Lipinski definition) is 3. The maximum absolute atomic E-state index is 12.3. The Morgan fingerprint density at radius 1 is 0.732 bits per heavy atom. The molecule has 0 fully saturated rings. The summed E-state index contributed by atoms with van der Waals surface area (Å²) in [6, 6.07) is 0. The van der Waals surface area contributed by atoms with E-state index in [1.807, 2.05) is 0 Å². The van der Waals surface area contributed by atoms with E-state index in [4.69, 9.17) is 19.3 Å². The zero-order chi connectivity index (χ0) is 30.3. The molecule has 0 heterocycles. The van der Waals surface area contributed by atoms with Gasteiger partial charge in [0.15, 0.2) is 0 Å². The molecule has 0 amide bonds. The predicted octanol–water partition coefficient (Wildman–Crippen LogP) is 7.76. The molecule has 0 aromatic carbocycles. The summed E-state index contributed by atoms with van der Waals surface area (Å²) in [4.78, 5) is 40.4. The molecule has 3 N–H and O–H groups in total. The van der Waals surface area contributed by atoms with Crippen molar-refractivity contribution in [3.63, 3.8) is 0 Å². The lowest BCUT2D eigenvalue weighted by Crippen LogP contribution is -2.35. The highest BCUT2D eigenvalue weighted by atomic mass is 31.2. The first-order valence-corrected chi connectivity index (χ1v) is 18.1. The fourth-order valence-electron chi connectivity index (χ4n) is 4.83. The summed E-state index contributed by atoms with van der Waals surface area (Å²) in [5, 5.41) is 3.25. The van der Waals surface area contributed by atoms with Crippen LogP contribution in [0, 0.1) is 0 Å². The molecule has 0 aromatic heterocycles. The predicted molar refractivity (Wildman–Crippen MR) is 165 cm³/mol. The van der Waals surface area contributed by atoms with Crippen molar-refractivity contribution in [2.45, 2.75) is 161 Å². The van der Waals surface area contributed by atoms with E-state index in [9.17, 15) is 14.2 Å². The van der Waals surface area contributed by atoms with E-state index in [1.165, 1.54) is 96.3 Å². The Balaban J connectivity index is 3.77. The number of esters is 1. The van der Waals surface area contributed by atoms with E-state index in [-0.39, 0.29) is 12.6 Å². The van der Waals surface area contributed by atoms with Crippen molar-refractivity contribution in [3.05, 3.63) is 0 Å². The van der Waals surface area contributed by atoms with Crippen LogP contribution >= 0.6 is 7.82 Å². The van der Waals surface area contributed by atoms with Crippen LogP contribution in [0.25, 0.3) is 0 Å². The minimum Gasteiger partial charge on any atom is -0.468 e. The summed E-state index contributed by atoms with van der Waals surface area (Å²) in [6.45, 7) is 4.04. The SMILES string of the molecule is CCCCCCCCCCCC(=O)O[C@@H](CNCCCCCCCCCCCCCCCOC=O)COP(=O)(O)O. The zero-order valence-corrected chi connectivity index (χ0v) is 26.9. The fraction of sp³-hybridized carbons (Fsp3) is 0.935. The van der Waals surface area contributed by atoms with Crippen LogP contribution < -0.4 is 5.32 Å². The molecular formula is C31H62NO8P. The number of carbonyl (C=O) groups is 2. The maximum atomic E-state index is 12.3. The highest BCUT2D eigenvalue weighted by Gasteiger charge is 2.21. The topological polar surface area (TPSA) is 131 Å². The first-order chi connectivity index (χ1) is 19.9. The lowest BCUT2D eigenvalue weighted by Gasteiger charge is -2.19. The summed E-state index contributed by atoms with van der Waals surface area (Å²) < 4.78 is 25.9. The van der Waals surface area contributed by atoms with Crippen LogP contribution in [-0.4, -0.2) is 54.6 Å². The molecule has 244 valence electrons. The Morgan fingerprint density at radius 3 is 1.68 bits per heavy atom. The molecule has 1 atom stereocenters. The third-order valence-electron chi connectivity index (χ3n) is 7.27. The van der Waals surface area contributed by atoms with Gasteiger partial charge in [0.25, 0.3) is 6.47 Å². The van der Waals surface area contributed by atoms with E-state index in [2.05, 4.69) is 16.8 Å². The molecule has 0 aromatic rings. The van der Waals surface area contributed by atoms with E-state index < -0.39 is 13.9 Å². The van der Waals surface area contributed by atoms with Crippen molar-refractivity contribution >= 4 is 20.3 Å². The standard InChI is InChI=1S/C31H62NO8P/c1-2-3-4-5-6-12-15-18-21-24-31(34)40-30(28-39-41(35,36)37)27-32-25-22-19-16-13-10-8-7-9-11-14-17-20-23-26-38-29-33/h29-30,32H,2-28H2,1H3,(H2,35,36,37)/t30-/m0/s1. The number of phosphoric ester groups is 1. The van der Waals surface area contributed by atoms with Crippen molar-refractivity contribution in [1.29, 1.82) is 0 Å². The van der Waals surface area contributed by atoms with Crippen LogP contribution in [0.1, 0.15) is 155 Å². The van der Waals surface area contributed by atoms with Gasteiger partial charge in [-0.15, -0.1) is 0 Å². The van der Waals surface area contributed by atoms with E-state index >= 15 is 0 Å². The lowest BCUT2D eigenvalue weighted by molar-refractivity contribution is -0.150. The number of hydrogen-bond acceptors (Lipinski definition) is 7. The van der Waals surface area contributed by atoms with Crippen LogP contribution in [0.3, 0.4) is 0 Å². The summed E-state index contributed by atoms with van der Waals surface area (Å²) in [7, 11) is -4.62. The largest absolute Gasteiger partial charge is 0.469 e. The van der Waals surface area contributed by atoms with Gasteiger partial charge in [-0.2, -0.15) is 0 Å². The van der Waals surface area contributed by atoms with Gasteiger partial charge < -0.3 is 24.6 Å². The van der Waals surface area contributed by atoms with Gasteiger partial charge in [0, 0.05) is 13.0 Å².